The van der Waals surface area contributed by atoms with Crippen LogP contribution in [0.2, 0.25) is 0 Å². The molecule has 0 saturated carbocycles. The number of ether oxygens (including phenoxy) is 1. The number of hydrogen-bond acceptors (Lipinski definition) is 4. The van der Waals surface area contributed by atoms with Crippen LogP contribution in [0.3, 0.4) is 0 Å². The third-order valence-corrected chi connectivity index (χ3v) is 4.78. The van der Waals surface area contributed by atoms with E-state index in [1.807, 2.05) is 42.7 Å². The highest BCUT2D eigenvalue weighted by atomic mass is 32.1. The first kappa shape index (κ1) is 16.9. The van der Waals surface area contributed by atoms with E-state index in [1.165, 1.54) is 11.3 Å². The first-order valence-electron chi connectivity index (χ1n) is 8.02. The van der Waals surface area contributed by atoms with Crippen molar-refractivity contribution < 1.29 is 9.53 Å². The lowest BCUT2D eigenvalue weighted by Gasteiger charge is -2.07. The number of nitrogens with zero attached hydrogens (tertiary/aromatic N) is 3. The zero-order valence-corrected chi connectivity index (χ0v) is 14.8. The van der Waals surface area contributed by atoms with Crippen LogP contribution >= 0.6 is 11.3 Å². The number of benzene rings is 2. The summed E-state index contributed by atoms with van der Waals surface area (Å²) in [5, 5.41) is 8.85. The van der Waals surface area contributed by atoms with Gasteiger partial charge in [0.05, 0.1) is 22.9 Å². The molecule has 0 aliphatic rings. The second kappa shape index (κ2) is 7.32. The summed E-state index contributed by atoms with van der Waals surface area (Å²) < 4.78 is 8.74. The minimum Gasteiger partial charge on any atom is -0.492 e. The summed E-state index contributed by atoms with van der Waals surface area (Å²) in [5.41, 5.74) is 1.94. The van der Waals surface area contributed by atoms with Gasteiger partial charge in [0.25, 0.3) is 5.91 Å². The lowest BCUT2D eigenvalue weighted by Crippen LogP contribution is -2.16. The van der Waals surface area contributed by atoms with Crippen LogP contribution in [0.4, 0.5) is 0 Å². The SMILES string of the molecule is CCOc1cccc2sc(=NC(=O)c3ccc(C#N)cc3)n(CC)c12. The lowest BCUT2D eigenvalue weighted by molar-refractivity contribution is 0.0998. The fraction of sp³-hybridized carbons (Fsp3) is 0.211. The molecule has 126 valence electrons. The molecule has 1 amide bonds. The third-order valence-electron chi connectivity index (χ3n) is 3.74. The average Bonchev–Trinajstić information content (AvgIpc) is 3.00. The predicted octanol–water partition coefficient (Wildman–Crippen LogP) is 3.73. The van der Waals surface area contributed by atoms with Gasteiger partial charge in [-0.25, -0.2) is 0 Å². The van der Waals surface area contributed by atoms with E-state index in [0.717, 1.165) is 16.0 Å². The molecule has 25 heavy (non-hydrogen) atoms. The van der Waals surface area contributed by atoms with Gasteiger partial charge in [-0.2, -0.15) is 10.3 Å². The minimum absolute atomic E-state index is 0.323. The first-order chi connectivity index (χ1) is 12.2. The van der Waals surface area contributed by atoms with Crippen molar-refractivity contribution in [2.24, 2.45) is 4.99 Å². The number of rotatable bonds is 4. The Kier molecular flexibility index (Phi) is 4.96. The Bertz CT molecular complexity index is 1020. The molecule has 6 heteroatoms. The van der Waals surface area contributed by atoms with E-state index in [0.29, 0.717) is 29.1 Å². The maximum Gasteiger partial charge on any atom is 0.279 e. The summed E-state index contributed by atoms with van der Waals surface area (Å²) in [4.78, 5) is 17.4. The van der Waals surface area contributed by atoms with Crippen molar-refractivity contribution in [3.63, 3.8) is 0 Å². The summed E-state index contributed by atoms with van der Waals surface area (Å²) in [6.07, 6.45) is 0. The van der Waals surface area contributed by atoms with Gasteiger partial charge in [-0.05, 0) is 50.2 Å². The van der Waals surface area contributed by atoms with Crippen LogP contribution in [0.25, 0.3) is 10.2 Å². The molecule has 1 heterocycles. The molecule has 0 aliphatic carbocycles. The van der Waals surface area contributed by atoms with Crippen LogP contribution in [0.5, 0.6) is 5.75 Å². The van der Waals surface area contributed by atoms with E-state index in [-0.39, 0.29) is 5.91 Å². The number of carbonyl (C=O) groups excluding carboxylic acids is 1. The fourth-order valence-corrected chi connectivity index (χ4v) is 3.70. The molecule has 0 radical (unpaired) electrons. The maximum atomic E-state index is 12.5. The number of aryl methyl sites for hydroxylation is 1. The molecule has 0 atom stereocenters. The molecular weight excluding hydrogens is 334 g/mol. The second-order valence-corrected chi connectivity index (χ2v) is 6.28. The van der Waals surface area contributed by atoms with Crippen molar-refractivity contribution in [2.45, 2.75) is 20.4 Å². The molecule has 3 aromatic rings. The van der Waals surface area contributed by atoms with Crippen LogP contribution in [-0.4, -0.2) is 17.1 Å². The standard InChI is InChI=1S/C19H17N3O2S/c1-3-22-17-15(24-4-2)6-5-7-16(17)25-19(22)21-18(23)14-10-8-13(12-20)9-11-14/h5-11H,3-4H2,1-2H3. The van der Waals surface area contributed by atoms with Crippen molar-refractivity contribution in [3.8, 4) is 11.8 Å². The number of fused-ring (bicyclic) bond motifs is 1. The lowest BCUT2D eigenvalue weighted by atomic mass is 10.1. The van der Waals surface area contributed by atoms with Crippen molar-refractivity contribution >= 4 is 27.5 Å². The predicted molar refractivity (Wildman–Crippen MR) is 97.7 cm³/mol. The largest absolute Gasteiger partial charge is 0.492 e. The number of aromatic nitrogens is 1. The summed E-state index contributed by atoms with van der Waals surface area (Å²) in [6, 6.07) is 14.4. The molecule has 5 nitrogen and oxygen atoms in total. The van der Waals surface area contributed by atoms with Crippen LogP contribution in [0, 0.1) is 11.3 Å². The molecule has 2 aromatic carbocycles. The molecule has 0 bridgehead atoms. The minimum atomic E-state index is -0.323. The topological polar surface area (TPSA) is 67.4 Å². The van der Waals surface area contributed by atoms with Gasteiger partial charge < -0.3 is 9.30 Å². The van der Waals surface area contributed by atoms with Gasteiger partial charge in [0.15, 0.2) is 4.80 Å². The summed E-state index contributed by atoms with van der Waals surface area (Å²) >= 11 is 1.46. The van der Waals surface area contributed by atoms with Gasteiger partial charge in [0.1, 0.15) is 11.3 Å². The Labute approximate surface area is 149 Å². The normalized spacial score (nSPS) is 11.5. The fourth-order valence-electron chi connectivity index (χ4n) is 2.59. The van der Waals surface area contributed by atoms with Crippen molar-refractivity contribution in [1.82, 2.24) is 4.57 Å². The Morgan fingerprint density at radius 1 is 1.24 bits per heavy atom. The zero-order valence-electron chi connectivity index (χ0n) is 14.0. The van der Waals surface area contributed by atoms with Gasteiger partial charge >= 0.3 is 0 Å². The first-order valence-corrected chi connectivity index (χ1v) is 8.84. The van der Waals surface area contributed by atoms with E-state index in [4.69, 9.17) is 10.00 Å². The van der Waals surface area contributed by atoms with Crippen molar-refractivity contribution in [1.29, 1.82) is 5.26 Å². The molecule has 3 rings (SSSR count). The van der Waals surface area contributed by atoms with Crippen LogP contribution in [-0.2, 0) is 6.54 Å². The number of amides is 1. The van der Waals surface area contributed by atoms with E-state index in [2.05, 4.69) is 4.99 Å². The highest BCUT2D eigenvalue weighted by Gasteiger charge is 2.12. The van der Waals surface area contributed by atoms with Crippen LogP contribution in [0.15, 0.2) is 47.5 Å². The number of nitriles is 1. The zero-order chi connectivity index (χ0) is 17.8. The Morgan fingerprint density at radius 2 is 2.00 bits per heavy atom. The maximum absolute atomic E-state index is 12.5. The second-order valence-electron chi connectivity index (χ2n) is 5.27. The van der Waals surface area contributed by atoms with E-state index < -0.39 is 0 Å². The molecule has 0 N–H and O–H groups in total. The Balaban J connectivity index is 2.10. The van der Waals surface area contributed by atoms with Crippen molar-refractivity contribution in [2.75, 3.05) is 6.61 Å². The number of carbonyl (C=O) groups is 1. The molecule has 1 aromatic heterocycles. The van der Waals surface area contributed by atoms with Crippen molar-refractivity contribution in [3.05, 3.63) is 58.4 Å². The summed E-state index contributed by atoms with van der Waals surface area (Å²) in [7, 11) is 0. The monoisotopic (exact) mass is 351 g/mol. The smallest absolute Gasteiger partial charge is 0.279 e. The van der Waals surface area contributed by atoms with Gasteiger partial charge in [-0.15, -0.1) is 0 Å². The molecule has 0 saturated heterocycles. The number of thiazole rings is 1. The molecule has 0 aliphatic heterocycles. The van der Waals surface area contributed by atoms with Crippen LogP contribution in [0.1, 0.15) is 29.8 Å². The van der Waals surface area contributed by atoms with E-state index in [9.17, 15) is 4.79 Å². The van der Waals surface area contributed by atoms with Crippen LogP contribution < -0.4 is 9.54 Å². The molecule has 0 unspecified atom stereocenters. The third kappa shape index (κ3) is 3.32. The highest BCUT2D eigenvalue weighted by molar-refractivity contribution is 7.16. The van der Waals surface area contributed by atoms with E-state index >= 15 is 0 Å². The van der Waals surface area contributed by atoms with Gasteiger partial charge in [-0.1, -0.05) is 17.4 Å². The molecule has 0 fully saturated rings. The summed E-state index contributed by atoms with van der Waals surface area (Å²) in [6.45, 7) is 5.22. The quantitative estimate of drug-likeness (QED) is 0.719. The average molecular weight is 351 g/mol. The van der Waals surface area contributed by atoms with Gasteiger partial charge in [0.2, 0.25) is 0 Å². The molecular formula is C19H17N3O2S. The number of para-hydroxylation sites is 1. The summed E-state index contributed by atoms with van der Waals surface area (Å²) in [5.74, 6) is 0.474. The van der Waals surface area contributed by atoms with Gasteiger partial charge in [-0.3, -0.25) is 4.79 Å². The van der Waals surface area contributed by atoms with Gasteiger partial charge in [0, 0.05) is 12.1 Å². The Hall–Kier alpha value is -2.91. The Morgan fingerprint density at radius 3 is 2.64 bits per heavy atom. The highest BCUT2D eigenvalue weighted by Crippen LogP contribution is 2.27. The number of hydrogen-bond donors (Lipinski definition) is 0. The van der Waals surface area contributed by atoms with E-state index in [1.54, 1.807) is 24.3 Å². The molecule has 0 spiro atoms.